The van der Waals surface area contributed by atoms with Gasteiger partial charge in [-0.15, -0.1) is 11.3 Å². The molecule has 140 valence electrons. The van der Waals surface area contributed by atoms with Gasteiger partial charge in [-0.05, 0) is 37.0 Å². The Balaban J connectivity index is 1.47. The number of likely N-dealkylation sites (N-methyl/N-ethyl adjacent to an activating group) is 1. The van der Waals surface area contributed by atoms with Crippen molar-refractivity contribution in [2.75, 3.05) is 13.7 Å². The fourth-order valence-corrected chi connectivity index (χ4v) is 4.70. The van der Waals surface area contributed by atoms with Crippen LogP contribution in [0.3, 0.4) is 0 Å². The van der Waals surface area contributed by atoms with E-state index in [9.17, 15) is 9.18 Å². The molecule has 2 heterocycles. The van der Waals surface area contributed by atoms with Gasteiger partial charge >= 0.3 is 0 Å². The van der Waals surface area contributed by atoms with E-state index >= 15 is 0 Å². The minimum atomic E-state index is -0.436. The predicted molar refractivity (Wildman–Crippen MR) is 103 cm³/mol. The molecule has 0 fully saturated rings. The van der Waals surface area contributed by atoms with E-state index in [0.29, 0.717) is 10.9 Å². The van der Waals surface area contributed by atoms with Crippen molar-refractivity contribution in [2.24, 2.45) is 0 Å². The SMILES string of the molecule is CN(Cc1c(F)cccc1Cl)C(=O)COc1ncnc2sc3c(c12)CCC3. The highest BCUT2D eigenvalue weighted by atomic mass is 35.5. The number of hydrogen-bond donors (Lipinski definition) is 0. The normalized spacial score (nSPS) is 13.0. The van der Waals surface area contributed by atoms with E-state index in [2.05, 4.69) is 9.97 Å². The molecule has 1 amide bonds. The first kappa shape index (κ1) is 18.1. The molecular weight excluding hydrogens is 389 g/mol. The molecule has 0 saturated carbocycles. The highest BCUT2D eigenvalue weighted by Gasteiger charge is 2.23. The number of halogens is 2. The number of rotatable bonds is 5. The predicted octanol–water partition coefficient (Wildman–Crippen LogP) is 4.01. The number of fused-ring (bicyclic) bond motifs is 3. The lowest BCUT2D eigenvalue weighted by Gasteiger charge is -2.18. The Morgan fingerprint density at radius 2 is 2.22 bits per heavy atom. The van der Waals surface area contributed by atoms with Crippen LogP contribution in [0, 0.1) is 5.82 Å². The molecule has 5 nitrogen and oxygen atoms in total. The molecule has 0 N–H and O–H groups in total. The van der Waals surface area contributed by atoms with Crippen LogP contribution < -0.4 is 4.74 Å². The molecule has 0 radical (unpaired) electrons. The average Bonchev–Trinajstić information content (AvgIpc) is 3.23. The number of carbonyl (C=O) groups excluding carboxylic acids is 1. The van der Waals surface area contributed by atoms with Crippen LogP contribution in [-0.2, 0) is 24.2 Å². The molecule has 3 aromatic rings. The van der Waals surface area contributed by atoms with Gasteiger partial charge in [0.25, 0.3) is 5.91 Å². The maximum absolute atomic E-state index is 13.9. The number of benzene rings is 1. The van der Waals surface area contributed by atoms with Crippen LogP contribution >= 0.6 is 22.9 Å². The second-order valence-electron chi connectivity index (χ2n) is 6.46. The second-order valence-corrected chi connectivity index (χ2v) is 7.95. The Morgan fingerprint density at radius 1 is 1.37 bits per heavy atom. The summed E-state index contributed by atoms with van der Waals surface area (Å²) in [6.07, 6.45) is 4.62. The van der Waals surface area contributed by atoms with Gasteiger partial charge in [-0.1, -0.05) is 17.7 Å². The lowest BCUT2D eigenvalue weighted by molar-refractivity contribution is -0.132. The van der Waals surface area contributed by atoms with Crippen LogP contribution in [-0.4, -0.2) is 34.4 Å². The number of nitrogens with zero attached hydrogens (tertiary/aromatic N) is 3. The maximum Gasteiger partial charge on any atom is 0.260 e. The van der Waals surface area contributed by atoms with Gasteiger partial charge in [0, 0.05) is 29.1 Å². The van der Waals surface area contributed by atoms with E-state index in [1.165, 1.54) is 33.8 Å². The third-order valence-corrected chi connectivity index (χ3v) is 6.24. The average molecular weight is 406 g/mol. The van der Waals surface area contributed by atoms with E-state index < -0.39 is 5.82 Å². The number of aryl methyl sites for hydroxylation is 2. The number of ether oxygens (including phenoxy) is 1. The van der Waals surface area contributed by atoms with Gasteiger partial charge in [0.15, 0.2) is 6.61 Å². The Kier molecular flexibility index (Phi) is 4.97. The summed E-state index contributed by atoms with van der Waals surface area (Å²) in [6.45, 7) is -0.111. The molecule has 0 spiro atoms. The molecule has 1 aliphatic carbocycles. The zero-order valence-corrected chi connectivity index (χ0v) is 16.2. The van der Waals surface area contributed by atoms with Gasteiger partial charge in [-0.3, -0.25) is 4.79 Å². The smallest absolute Gasteiger partial charge is 0.260 e. The Bertz CT molecular complexity index is 1000. The van der Waals surface area contributed by atoms with Crippen molar-refractivity contribution in [2.45, 2.75) is 25.8 Å². The van der Waals surface area contributed by atoms with E-state index in [1.54, 1.807) is 24.5 Å². The first-order valence-corrected chi connectivity index (χ1v) is 9.79. The second kappa shape index (κ2) is 7.40. The molecular formula is C19H17ClFN3O2S. The van der Waals surface area contributed by atoms with Crippen LogP contribution in [0.5, 0.6) is 5.88 Å². The third kappa shape index (κ3) is 3.49. The van der Waals surface area contributed by atoms with E-state index in [0.717, 1.165) is 29.5 Å². The zero-order chi connectivity index (χ0) is 19.0. The minimum absolute atomic E-state index is 0.0702. The Hall–Kier alpha value is -2.25. The molecule has 0 atom stereocenters. The van der Waals surface area contributed by atoms with Gasteiger partial charge in [0.2, 0.25) is 5.88 Å². The van der Waals surface area contributed by atoms with Crippen molar-refractivity contribution in [3.8, 4) is 5.88 Å². The summed E-state index contributed by atoms with van der Waals surface area (Å²) >= 11 is 7.70. The fraction of sp³-hybridized carbons (Fsp3) is 0.316. The summed E-state index contributed by atoms with van der Waals surface area (Å²) in [7, 11) is 1.59. The summed E-state index contributed by atoms with van der Waals surface area (Å²) in [6, 6.07) is 4.46. The molecule has 0 saturated heterocycles. The minimum Gasteiger partial charge on any atom is -0.467 e. The van der Waals surface area contributed by atoms with E-state index in [1.807, 2.05) is 0 Å². The van der Waals surface area contributed by atoms with Crippen LogP contribution in [0.2, 0.25) is 5.02 Å². The number of hydrogen-bond acceptors (Lipinski definition) is 5. The van der Waals surface area contributed by atoms with Gasteiger partial charge in [0.05, 0.1) is 5.39 Å². The summed E-state index contributed by atoms with van der Waals surface area (Å²) in [4.78, 5) is 24.6. The number of aromatic nitrogens is 2. The van der Waals surface area contributed by atoms with Crippen molar-refractivity contribution < 1.29 is 13.9 Å². The van der Waals surface area contributed by atoms with Crippen molar-refractivity contribution in [1.29, 1.82) is 0 Å². The van der Waals surface area contributed by atoms with Crippen molar-refractivity contribution in [3.05, 3.63) is 51.4 Å². The Labute approximate surface area is 164 Å². The summed E-state index contributed by atoms with van der Waals surface area (Å²) in [5.74, 6) is -0.285. The van der Waals surface area contributed by atoms with Gasteiger partial charge < -0.3 is 9.64 Å². The maximum atomic E-state index is 13.9. The lowest BCUT2D eigenvalue weighted by Crippen LogP contribution is -2.31. The summed E-state index contributed by atoms with van der Waals surface area (Å²) < 4.78 is 19.6. The molecule has 1 aliphatic rings. The standard InChI is InChI=1S/C19H17ClFN3O2S/c1-24(8-12-13(20)5-3-6-14(12)21)16(25)9-26-18-17-11-4-2-7-15(11)27-19(17)23-10-22-18/h3,5-6,10H,2,4,7-9H2,1H3. The molecule has 8 heteroatoms. The molecule has 0 bridgehead atoms. The van der Waals surface area contributed by atoms with Crippen LogP contribution in [0.15, 0.2) is 24.5 Å². The van der Waals surface area contributed by atoms with Crippen molar-refractivity contribution in [1.82, 2.24) is 14.9 Å². The topological polar surface area (TPSA) is 55.3 Å². The molecule has 1 aromatic carbocycles. The third-order valence-electron chi connectivity index (χ3n) is 4.68. The largest absolute Gasteiger partial charge is 0.467 e. The van der Waals surface area contributed by atoms with E-state index in [4.69, 9.17) is 16.3 Å². The number of carbonyl (C=O) groups is 1. The monoisotopic (exact) mass is 405 g/mol. The van der Waals surface area contributed by atoms with Gasteiger partial charge in [0.1, 0.15) is 17.0 Å². The van der Waals surface area contributed by atoms with Gasteiger partial charge in [-0.25, -0.2) is 14.4 Å². The number of amides is 1. The quantitative estimate of drug-likeness (QED) is 0.643. The van der Waals surface area contributed by atoms with Crippen molar-refractivity contribution in [3.63, 3.8) is 0 Å². The summed E-state index contributed by atoms with van der Waals surface area (Å²) in [5.41, 5.74) is 1.53. The molecule has 4 rings (SSSR count). The van der Waals surface area contributed by atoms with Crippen LogP contribution in [0.1, 0.15) is 22.4 Å². The van der Waals surface area contributed by atoms with Gasteiger partial charge in [-0.2, -0.15) is 0 Å². The highest BCUT2D eigenvalue weighted by molar-refractivity contribution is 7.18. The van der Waals surface area contributed by atoms with E-state index in [-0.39, 0.29) is 24.6 Å². The first-order valence-electron chi connectivity index (χ1n) is 8.59. The van der Waals surface area contributed by atoms with Crippen LogP contribution in [0.25, 0.3) is 10.2 Å². The highest BCUT2D eigenvalue weighted by Crippen LogP contribution is 2.39. The fourth-order valence-electron chi connectivity index (χ4n) is 3.26. The molecule has 0 aliphatic heterocycles. The first-order chi connectivity index (χ1) is 13.0. The zero-order valence-electron chi connectivity index (χ0n) is 14.7. The van der Waals surface area contributed by atoms with Crippen molar-refractivity contribution >= 4 is 39.1 Å². The number of thiophene rings is 1. The van der Waals surface area contributed by atoms with Crippen LogP contribution in [0.4, 0.5) is 4.39 Å². The molecule has 27 heavy (non-hydrogen) atoms. The summed E-state index contributed by atoms with van der Waals surface area (Å²) in [5, 5.41) is 1.21. The molecule has 2 aromatic heterocycles. The lowest BCUT2D eigenvalue weighted by atomic mass is 10.2. The Morgan fingerprint density at radius 3 is 3.04 bits per heavy atom. The molecule has 0 unspecified atom stereocenters.